The maximum atomic E-state index is 14.0. The van der Waals surface area contributed by atoms with Crippen LogP contribution in [0.2, 0.25) is 0 Å². The van der Waals surface area contributed by atoms with Gasteiger partial charge >= 0.3 is 18.3 Å². The molecule has 2 aromatic carbocycles. The zero-order chi connectivity index (χ0) is 46.5. The van der Waals surface area contributed by atoms with E-state index in [4.69, 9.17) is 39.0 Å². The minimum absolute atomic E-state index is 0.00234. The summed E-state index contributed by atoms with van der Waals surface area (Å²) in [7, 11) is 1.53. The lowest BCUT2D eigenvalue weighted by Gasteiger charge is -2.49. The van der Waals surface area contributed by atoms with Crippen LogP contribution in [0.4, 0.5) is 14.7 Å². The van der Waals surface area contributed by atoms with Gasteiger partial charge in [0, 0.05) is 45.3 Å². The number of nitrogens with two attached hydrogens (primary N) is 1. The largest absolute Gasteiger partial charge is 0.514 e. The second-order valence-electron chi connectivity index (χ2n) is 15.7. The standard InChI is InChI=1S/C41H44N6O13S4/c1-9-56-45-29(32-44-37(42)64-46-32)33(49)43-30-34(50)47-31(36(51)55-17-20-10-12-22(54-8)13-11-20)21(19-62-35(30)47)18-61-28-15-24(48)23-14-25(57-38(52)59-40(2,3)4)26(16-27(23)63-28)58-39(53)60-41(5,6)7/h10-16,30,35H,9,17-19H2,1-8H3,(H,43,49)(H2,42,44,46)/b45-29-/t30?,35-/m0/s1. The molecule has 3 N–H and O–H groups in total. The molecule has 2 aliphatic rings. The molecule has 19 nitrogen and oxygen atoms in total. The number of hydrogen-bond donors (Lipinski definition) is 2. The third kappa shape index (κ3) is 11.8. The summed E-state index contributed by atoms with van der Waals surface area (Å²) in [6, 6.07) is 9.90. The number of amides is 2. The third-order valence-corrected chi connectivity index (χ3v) is 12.8. The molecule has 23 heteroatoms. The van der Waals surface area contributed by atoms with Crippen LogP contribution in [0.1, 0.15) is 59.9 Å². The van der Waals surface area contributed by atoms with Gasteiger partial charge < -0.3 is 44.3 Å². The second-order valence-corrected chi connectivity index (χ2v) is 19.9. The molecule has 0 saturated carbocycles. The van der Waals surface area contributed by atoms with E-state index < -0.39 is 58.1 Å². The summed E-state index contributed by atoms with van der Waals surface area (Å²) in [5.74, 6) is -1.67. The topological polar surface area (TPSA) is 246 Å². The normalized spacial score (nSPS) is 16.3. The quantitative estimate of drug-likeness (QED) is 0.0269. The van der Waals surface area contributed by atoms with E-state index in [1.54, 1.807) is 72.7 Å². The van der Waals surface area contributed by atoms with Crippen LogP contribution in [0.5, 0.6) is 17.2 Å². The van der Waals surface area contributed by atoms with Crippen molar-refractivity contribution in [1.82, 2.24) is 19.6 Å². The Labute approximate surface area is 383 Å². The van der Waals surface area contributed by atoms with Crippen LogP contribution in [-0.4, -0.2) is 97.9 Å². The van der Waals surface area contributed by atoms with Gasteiger partial charge in [0.1, 0.15) is 47.3 Å². The molecule has 2 aliphatic heterocycles. The third-order valence-electron chi connectivity index (χ3n) is 8.53. The second kappa shape index (κ2) is 19.9. The average Bonchev–Trinajstić information content (AvgIpc) is 3.65. The highest BCUT2D eigenvalue weighted by atomic mass is 32.2. The number of nitrogen functional groups attached to an aromatic ring is 1. The molecule has 2 amide bonds. The zero-order valence-electron chi connectivity index (χ0n) is 35.8. The minimum Gasteiger partial charge on any atom is -0.497 e. The molecule has 0 radical (unpaired) electrons. The minimum atomic E-state index is -1.09. The number of anilines is 1. The number of esters is 1. The van der Waals surface area contributed by atoms with Crippen molar-refractivity contribution in [2.45, 2.75) is 81.9 Å². The van der Waals surface area contributed by atoms with E-state index in [0.29, 0.717) is 25.8 Å². The first kappa shape index (κ1) is 47.6. The number of methoxy groups -OCH3 is 1. The van der Waals surface area contributed by atoms with Crippen LogP contribution in [0.3, 0.4) is 0 Å². The number of rotatable bonds is 14. The van der Waals surface area contributed by atoms with E-state index in [9.17, 15) is 28.8 Å². The summed E-state index contributed by atoms with van der Waals surface area (Å²) >= 11 is 4.56. The van der Waals surface area contributed by atoms with Crippen LogP contribution in [0, 0.1) is 0 Å². The Kier molecular flexibility index (Phi) is 14.8. The number of aromatic nitrogens is 2. The van der Waals surface area contributed by atoms with Gasteiger partial charge in [-0.3, -0.25) is 19.3 Å². The van der Waals surface area contributed by atoms with Crippen molar-refractivity contribution in [2.24, 2.45) is 5.16 Å². The molecule has 64 heavy (non-hydrogen) atoms. The van der Waals surface area contributed by atoms with Gasteiger partial charge in [-0.05, 0) is 77.8 Å². The summed E-state index contributed by atoms with van der Waals surface area (Å²) in [6.45, 7) is 11.6. The smallest absolute Gasteiger partial charge is 0.497 e. The Morgan fingerprint density at radius 3 is 2.22 bits per heavy atom. The number of nitrogens with one attached hydrogen (secondary N) is 1. The number of thioether (sulfide) groups is 2. The molecule has 1 fully saturated rings. The highest BCUT2D eigenvalue weighted by Crippen LogP contribution is 2.43. The SMILES string of the molecule is CCO/N=C(\C(=O)NC1C(=O)N2C(C(=O)OCc3ccc(OC)cc3)=C(CSc3cc(=O)c4cc(OC(=O)OC(C)(C)C)c(OC(=O)OC(C)(C)C)cc4s3)CS[C@@H]12)c1nsc(N)n1. The number of nitrogens with zero attached hydrogens (tertiary/aromatic N) is 4. The Morgan fingerprint density at radius 1 is 0.969 bits per heavy atom. The van der Waals surface area contributed by atoms with Gasteiger partial charge in [0.2, 0.25) is 11.5 Å². The van der Waals surface area contributed by atoms with Gasteiger partial charge in [-0.2, -0.15) is 9.36 Å². The molecule has 1 unspecified atom stereocenters. The Morgan fingerprint density at radius 2 is 1.62 bits per heavy atom. The Hall–Kier alpha value is -5.91. The highest BCUT2D eigenvalue weighted by molar-refractivity contribution is 8.02. The van der Waals surface area contributed by atoms with Gasteiger partial charge in [-0.25, -0.2) is 14.4 Å². The van der Waals surface area contributed by atoms with Gasteiger partial charge in [-0.1, -0.05) is 17.3 Å². The first-order chi connectivity index (χ1) is 30.2. The number of benzene rings is 2. The molecule has 6 rings (SSSR count). The first-order valence-electron chi connectivity index (χ1n) is 19.4. The monoisotopic (exact) mass is 956 g/mol. The van der Waals surface area contributed by atoms with Crippen molar-refractivity contribution in [1.29, 1.82) is 0 Å². The highest BCUT2D eigenvalue weighted by Gasteiger charge is 2.55. The number of β-lactam (4-membered cyclic amide) rings is 1. The van der Waals surface area contributed by atoms with Gasteiger partial charge in [0.05, 0.1) is 11.3 Å². The fraction of sp³-hybridized carbons (Fsp3) is 0.390. The average molecular weight is 957 g/mol. The van der Waals surface area contributed by atoms with Crippen molar-refractivity contribution in [3.8, 4) is 17.2 Å². The van der Waals surface area contributed by atoms with Gasteiger partial charge in [-0.15, -0.1) is 34.9 Å². The number of fused-ring (bicyclic) bond motifs is 2. The van der Waals surface area contributed by atoms with Gasteiger partial charge in [0.15, 0.2) is 22.1 Å². The molecule has 4 heterocycles. The molecule has 0 aliphatic carbocycles. The maximum absolute atomic E-state index is 14.0. The van der Waals surface area contributed by atoms with Crippen molar-refractivity contribution >= 4 is 97.4 Å². The molecule has 0 spiro atoms. The molecule has 2 aromatic heterocycles. The summed E-state index contributed by atoms with van der Waals surface area (Å²) in [5, 5.41) is 6.09. The summed E-state index contributed by atoms with van der Waals surface area (Å²) in [4.78, 5) is 90.9. The maximum Gasteiger partial charge on any atom is 0.514 e. The van der Waals surface area contributed by atoms with Crippen LogP contribution >= 0.6 is 46.4 Å². The molecule has 4 aromatic rings. The molecular weight excluding hydrogens is 913 g/mol. The van der Waals surface area contributed by atoms with E-state index in [1.807, 2.05) is 0 Å². The number of carbonyl (C=O) groups excluding carboxylic acids is 5. The lowest BCUT2D eigenvalue weighted by atomic mass is 10.0. The van der Waals surface area contributed by atoms with E-state index in [-0.39, 0.29) is 64.0 Å². The molecular formula is C41H44N6O13S4. The molecule has 0 bridgehead atoms. The van der Waals surface area contributed by atoms with E-state index in [1.165, 1.54) is 65.1 Å². The van der Waals surface area contributed by atoms with Crippen LogP contribution < -0.4 is 30.7 Å². The number of carbonyl (C=O) groups is 5. The molecule has 2 atom stereocenters. The number of oxime groups is 1. The lowest BCUT2D eigenvalue weighted by molar-refractivity contribution is -0.153. The number of hydrogen-bond acceptors (Lipinski definition) is 21. The lowest BCUT2D eigenvalue weighted by Crippen LogP contribution is -2.71. The van der Waals surface area contributed by atoms with E-state index >= 15 is 0 Å². The van der Waals surface area contributed by atoms with Crippen LogP contribution in [-0.2, 0) is 40.0 Å². The predicted octanol–water partition coefficient (Wildman–Crippen LogP) is 6.26. The molecule has 340 valence electrons. The number of ether oxygens (including phenoxy) is 6. The fourth-order valence-electron chi connectivity index (χ4n) is 5.83. The van der Waals surface area contributed by atoms with Crippen molar-refractivity contribution in [3.05, 3.63) is 75.3 Å². The van der Waals surface area contributed by atoms with Gasteiger partial charge in [0.25, 0.3) is 11.8 Å². The molecule has 1 saturated heterocycles. The van der Waals surface area contributed by atoms with Crippen molar-refractivity contribution in [3.63, 3.8) is 0 Å². The van der Waals surface area contributed by atoms with Crippen molar-refractivity contribution in [2.75, 3.05) is 31.0 Å². The van der Waals surface area contributed by atoms with Crippen LogP contribution in [0.25, 0.3) is 10.1 Å². The zero-order valence-corrected chi connectivity index (χ0v) is 39.1. The fourth-order valence-corrected chi connectivity index (χ4v) is 9.98. The van der Waals surface area contributed by atoms with E-state index in [0.717, 1.165) is 11.5 Å². The van der Waals surface area contributed by atoms with Crippen molar-refractivity contribution < 1.29 is 57.2 Å². The first-order valence-corrected chi connectivity index (χ1v) is 23.0. The summed E-state index contributed by atoms with van der Waals surface area (Å²) in [5.41, 5.74) is 4.39. The Balaban J connectivity index is 1.28. The predicted molar refractivity (Wildman–Crippen MR) is 240 cm³/mol. The Bertz CT molecular complexity index is 2580. The van der Waals surface area contributed by atoms with E-state index in [2.05, 4.69) is 19.8 Å². The van der Waals surface area contributed by atoms with Crippen LogP contribution in [0.15, 0.2) is 67.9 Å². The summed E-state index contributed by atoms with van der Waals surface area (Å²) in [6.07, 6.45) is -2.16. The summed E-state index contributed by atoms with van der Waals surface area (Å²) < 4.78 is 37.4.